The van der Waals surface area contributed by atoms with Crippen molar-refractivity contribution < 1.29 is 22.8 Å². The number of nitrogens with one attached hydrogen (secondary N) is 2. The number of hydrogen-bond donors (Lipinski definition) is 2. The fourth-order valence-corrected chi connectivity index (χ4v) is 6.10. The minimum absolute atomic E-state index is 0.0312. The van der Waals surface area contributed by atoms with Crippen LogP contribution in [0.2, 0.25) is 5.02 Å². The standard InChI is InChI=1S/C22H24ClF2N5O3/c23-13-10-14-17(15-16(13)27-20(32)28-21(15)3-5-22(24,25)6-4-21)33-18(26-14)19(31)30-9-8-29-7-1-2-12(29)11-30/h10,12H,1-9,11H2,(H2,27,28,32)/t12-/m0/s1. The van der Waals surface area contributed by atoms with Crippen LogP contribution in [0.15, 0.2) is 10.5 Å². The first-order valence-electron chi connectivity index (χ1n) is 11.4. The third kappa shape index (κ3) is 3.37. The molecule has 1 aromatic heterocycles. The van der Waals surface area contributed by atoms with Gasteiger partial charge in [-0.25, -0.2) is 18.6 Å². The van der Waals surface area contributed by atoms with Gasteiger partial charge in [-0.05, 0) is 38.3 Å². The van der Waals surface area contributed by atoms with Crippen LogP contribution in [0, 0.1) is 0 Å². The lowest BCUT2D eigenvalue weighted by molar-refractivity contribution is -0.0552. The Morgan fingerprint density at radius 3 is 2.79 bits per heavy atom. The summed E-state index contributed by atoms with van der Waals surface area (Å²) in [6, 6.07) is 1.40. The van der Waals surface area contributed by atoms with Crippen molar-refractivity contribution in [3.8, 4) is 0 Å². The summed E-state index contributed by atoms with van der Waals surface area (Å²) in [5, 5.41) is 5.76. The molecule has 0 unspecified atom stereocenters. The number of carbonyl (C=O) groups is 2. The van der Waals surface area contributed by atoms with Crippen molar-refractivity contribution in [1.29, 1.82) is 0 Å². The molecule has 33 heavy (non-hydrogen) atoms. The monoisotopic (exact) mass is 479 g/mol. The van der Waals surface area contributed by atoms with Crippen molar-refractivity contribution in [3.63, 3.8) is 0 Å². The second kappa shape index (κ2) is 7.27. The molecule has 11 heteroatoms. The van der Waals surface area contributed by atoms with E-state index in [4.69, 9.17) is 16.0 Å². The molecule has 0 bridgehead atoms. The van der Waals surface area contributed by atoms with Crippen LogP contribution in [0.4, 0.5) is 19.3 Å². The third-order valence-electron chi connectivity index (χ3n) is 7.60. The van der Waals surface area contributed by atoms with E-state index in [1.54, 1.807) is 11.0 Å². The second-order valence-electron chi connectivity index (χ2n) is 9.58. The quantitative estimate of drug-likeness (QED) is 0.646. The van der Waals surface area contributed by atoms with Crippen molar-refractivity contribution in [2.24, 2.45) is 0 Å². The van der Waals surface area contributed by atoms with Gasteiger partial charge in [0.05, 0.1) is 16.2 Å². The zero-order valence-electron chi connectivity index (χ0n) is 17.9. The van der Waals surface area contributed by atoms with E-state index in [0.717, 1.165) is 25.9 Å². The zero-order chi connectivity index (χ0) is 23.0. The Hall–Kier alpha value is -2.46. The molecular weight excluding hydrogens is 456 g/mol. The van der Waals surface area contributed by atoms with Gasteiger partial charge in [0.25, 0.3) is 5.89 Å². The fraction of sp³-hybridized carbons (Fsp3) is 0.591. The Labute approximate surface area is 193 Å². The normalized spacial score (nSPS) is 26.1. The van der Waals surface area contributed by atoms with Crippen LogP contribution in [0.25, 0.3) is 11.1 Å². The summed E-state index contributed by atoms with van der Waals surface area (Å²) in [4.78, 5) is 34.2. The predicted octanol–water partition coefficient (Wildman–Crippen LogP) is 3.94. The molecule has 3 fully saturated rings. The number of nitrogens with zero attached hydrogens (tertiary/aromatic N) is 3. The lowest BCUT2D eigenvalue weighted by Crippen LogP contribution is -2.54. The molecule has 1 spiro atoms. The second-order valence-corrected chi connectivity index (χ2v) is 9.98. The van der Waals surface area contributed by atoms with E-state index in [1.165, 1.54) is 0 Å². The highest BCUT2D eigenvalue weighted by atomic mass is 35.5. The van der Waals surface area contributed by atoms with Crippen molar-refractivity contribution in [3.05, 3.63) is 22.5 Å². The van der Waals surface area contributed by atoms with Gasteiger partial charge in [0.2, 0.25) is 5.92 Å². The molecule has 3 amide bonds. The van der Waals surface area contributed by atoms with Crippen molar-refractivity contribution in [2.75, 3.05) is 31.5 Å². The number of hydrogen-bond acceptors (Lipinski definition) is 5. The highest BCUT2D eigenvalue weighted by Crippen LogP contribution is 2.51. The molecule has 1 atom stereocenters. The van der Waals surface area contributed by atoms with Gasteiger partial charge >= 0.3 is 11.9 Å². The van der Waals surface area contributed by atoms with E-state index >= 15 is 0 Å². The van der Waals surface area contributed by atoms with Crippen molar-refractivity contribution in [1.82, 2.24) is 20.1 Å². The number of fused-ring (bicyclic) bond motifs is 5. The van der Waals surface area contributed by atoms with E-state index in [2.05, 4.69) is 20.5 Å². The number of alkyl halides is 2. The Balaban J connectivity index is 1.40. The van der Waals surface area contributed by atoms with E-state index < -0.39 is 17.5 Å². The largest absolute Gasteiger partial charge is 0.432 e. The lowest BCUT2D eigenvalue weighted by Gasteiger charge is -2.44. The number of anilines is 1. The van der Waals surface area contributed by atoms with Gasteiger partial charge in [0.1, 0.15) is 5.52 Å². The molecule has 1 aromatic carbocycles. The maximum atomic E-state index is 14.0. The first-order chi connectivity index (χ1) is 15.7. The first kappa shape index (κ1) is 21.1. The highest BCUT2D eigenvalue weighted by molar-refractivity contribution is 6.35. The number of amides is 3. The maximum absolute atomic E-state index is 14.0. The highest BCUT2D eigenvalue weighted by Gasteiger charge is 2.50. The van der Waals surface area contributed by atoms with Gasteiger partial charge in [0, 0.05) is 44.1 Å². The van der Waals surface area contributed by atoms with Crippen LogP contribution < -0.4 is 10.6 Å². The van der Waals surface area contributed by atoms with Crippen LogP contribution in [0.1, 0.15) is 54.8 Å². The third-order valence-corrected chi connectivity index (χ3v) is 7.89. The van der Waals surface area contributed by atoms with Crippen LogP contribution in [-0.4, -0.2) is 64.9 Å². The Bertz CT molecular complexity index is 1160. The SMILES string of the molecule is O=C1Nc2c(Cl)cc3nc(C(=O)N4CCN5CCC[C@H]5C4)oc3c2C2(CCC(F)(F)CC2)N1. The summed E-state index contributed by atoms with van der Waals surface area (Å²) in [6.45, 7) is 3.13. The molecule has 1 aliphatic carbocycles. The summed E-state index contributed by atoms with van der Waals surface area (Å²) >= 11 is 6.47. The van der Waals surface area contributed by atoms with Gasteiger partial charge in [-0.1, -0.05) is 11.6 Å². The molecule has 4 aliphatic rings. The molecule has 6 rings (SSSR count). The summed E-state index contributed by atoms with van der Waals surface area (Å²) < 4.78 is 34.0. The number of rotatable bonds is 1. The topological polar surface area (TPSA) is 90.7 Å². The van der Waals surface area contributed by atoms with Gasteiger partial charge in [0.15, 0.2) is 5.58 Å². The molecular formula is C22H24ClF2N5O3. The molecule has 2 aromatic rings. The predicted molar refractivity (Wildman–Crippen MR) is 117 cm³/mol. The molecule has 176 valence electrons. The lowest BCUT2D eigenvalue weighted by atomic mass is 9.73. The van der Waals surface area contributed by atoms with E-state index in [9.17, 15) is 18.4 Å². The summed E-state index contributed by atoms with van der Waals surface area (Å²) in [5.41, 5.74) is 0.434. The Morgan fingerprint density at radius 1 is 1.21 bits per heavy atom. The minimum Gasteiger partial charge on any atom is -0.432 e. The molecule has 4 heterocycles. The smallest absolute Gasteiger partial charge is 0.319 e. The van der Waals surface area contributed by atoms with E-state index in [1.807, 2.05) is 0 Å². The van der Waals surface area contributed by atoms with Crippen LogP contribution >= 0.6 is 11.6 Å². The average molecular weight is 480 g/mol. The van der Waals surface area contributed by atoms with E-state index in [-0.39, 0.29) is 42.5 Å². The molecule has 2 N–H and O–H groups in total. The summed E-state index contributed by atoms with van der Waals surface area (Å²) in [5.74, 6) is -3.13. The number of halogens is 3. The minimum atomic E-state index is -2.79. The molecule has 3 aliphatic heterocycles. The van der Waals surface area contributed by atoms with Gasteiger partial charge < -0.3 is 20.0 Å². The van der Waals surface area contributed by atoms with Gasteiger partial charge in [-0.2, -0.15) is 0 Å². The molecule has 1 saturated carbocycles. The number of urea groups is 1. The Morgan fingerprint density at radius 2 is 2.00 bits per heavy atom. The fourth-order valence-electron chi connectivity index (χ4n) is 5.86. The van der Waals surface area contributed by atoms with Crippen LogP contribution in [-0.2, 0) is 5.54 Å². The molecule has 0 radical (unpaired) electrons. The number of piperazine rings is 1. The first-order valence-corrected chi connectivity index (χ1v) is 11.8. The van der Waals surface area contributed by atoms with Crippen molar-refractivity contribution >= 4 is 40.3 Å². The summed E-state index contributed by atoms with van der Waals surface area (Å²) in [7, 11) is 0. The number of benzene rings is 1. The zero-order valence-corrected chi connectivity index (χ0v) is 18.7. The molecule has 8 nitrogen and oxygen atoms in total. The van der Waals surface area contributed by atoms with Crippen molar-refractivity contribution in [2.45, 2.75) is 56.0 Å². The molecule has 2 saturated heterocycles. The average Bonchev–Trinajstić information content (AvgIpc) is 3.42. The van der Waals surface area contributed by atoms with Crippen LogP contribution in [0.3, 0.4) is 0 Å². The van der Waals surface area contributed by atoms with E-state index in [0.29, 0.717) is 41.5 Å². The van der Waals surface area contributed by atoms with Gasteiger partial charge in [-0.3, -0.25) is 9.69 Å². The maximum Gasteiger partial charge on any atom is 0.319 e. The number of oxazole rings is 1. The Kier molecular flexibility index (Phi) is 4.65. The van der Waals surface area contributed by atoms with Crippen LogP contribution in [0.5, 0.6) is 0 Å². The summed E-state index contributed by atoms with van der Waals surface area (Å²) in [6.07, 6.45) is 1.53. The number of carbonyl (C=O) groups excluding carboxylic acids is 2. The van der Waals surface area contributed by atoms with Gasteiger partial charge in [-0.15, -0.1) is 0 Å². The number of aromatic nitrogens is 1.